The van der Waals surface area contributed by atoms with Crippen LogP contribution in [0.3, 0.4) is 0 Å². The van der Waals surface area contributed by atoms with Gasteiger partial charge in [0.15, 0.2) is 5.96 Å². The lowest BCUT2D eigenvalue weighted by atomic mass is 10.1. The van der Waals surface area contributed by atoms with Gasteiger partial charge in [0.1, 0.15) is 5.75 Å². The Hall–Kier alpha value is -1.27. The average Bonchev–Trinajstić information content (AvgIpc) is 3.18. The smallest absolute Gasteiger partial charge is 0.416 e. The largest absolute Gasteiger partial charge is 0.497 e. The van der Waals surface area contributed by atoms with Crippen molar-refractivity contribution in [2.45, 2.75) is 38.6 Å². The number of alkyl halides is 3. The summed E-state index contributed by atoms with van der Waals surface area (Å²) in [5.74, 6) is 0.633. The zero-order valence-corrected chi connectivity index (χ0v) is 19.0. The highest BCUT2D eigenvalue weighted by molar-refractivity contribution is 14.0. The summed E-state index contributed by atoms with van der Waals surface area (Å²) in [4.78, 5) is 4.28. The number of benzene rings is 1. The molecule has 1 aliphatic heterocycles. The highest BCUT2D eigenvalue weighted by atomic mass is 127. The second-order valence-electron chi connectivity index (χ2n) is 6.35. The number of halogens is 4. The van der Waals surface area contributed by atoms with Crippen molar-refractivity contribution < 1.29 is 27.4 Å². The summed E-state index contributed by atoms with van der Waals surface area (Å²) >= 11 is 0. The molecule has 0 radical (unpaired) electrons. The van der Waals surface area contributed by atoms with Gasteiger partial charge < -0.3 is 24.8 Å². The molecule has 0 amide bonds. The first-order valence-corrected chi connectivity index (χ1v) is 9.39. The van der Waals surface area contributed by atoms with Crippen molar-refractivity contribution in [1.82, 2.24) is 10.6 Å². The average molecular weight is 531 g/mol. The van der Waals surface area contributed by atoms with E-state index in [2.05, 4.69) is 15.6 Å². The van der Waals surface area contributed by atoms with Gasteiger partial charge in [-0.15, -0.1) is 24.0 Å². The molecule has 1 aromatic carbocycles. The Morgan fingerprint density at radius 3 is 2.72 bits per heavy atom. The third-order valence-electron chi connectivity index (χ3n) is 4.23. The second kappa shape index (κ2) is 13.1. The predicted octanol–water partition coefficient (Wildman–Crippen LogP) is 3.58. The van der Waals surface area contributed by atoms with E-state index in [1.54, 1.807) is 0 Å². The van der Waals surface area contributed by atoms with Crippen LogP contribution in [-0.4, -0.2) is 52.1 Å². The van der Waals surface area contributed by atoms with E-state index in [9.17, 15) is 13.2 Å². The molecule has 29 heavy (non-hydrogen) atoms. The maximum atomic E-state index is 13.3. The van der Waals surface area contributed by atoms with Crippen molar-refractivity contribution in [3.8, 4) is 5.75 Å². The van der Waals surface area contributed by atoms with Gasteiger partial charge in [0, 0.05) is 26.3 Å². The van der Waals surface area contributed by atoms with Gasteiger partial charge in [-0.1, -0.05) is 6.07 Å². The van der Waals surface area contributed by atoms with Gasteiger partial charge in [0.25, 0.3) is 0 Å². The number of nitrogens with one attached hydrogen (secondary N) is 2. The summed E-state index contributed by atoms with van der Waals surface area (Å²) < 4.78 is 55.7. The number of guanidine groups is 1. The van der Waals surface area contributed by atoms with Crippen LogP contribution < -0.4 is 15.4 Å². The standard InChI is InChI=1S/C19H28F3N3O3.HI/c1-3-23-18(24-8-4-9-28-16-7-10-27-13-16)25-12-14-5-6-15(26-2)11-17(14)19(20,21)22;/h5-6,11,16H,3-4,7-10,12-13H2,1-2H3,(H2,23,24,25);1H. The molecular weight excluding hydrogens is 502 g/mol. The summed E-state index contributed by atoms with van der Waals surface area (Å²) in [5.41, 5.74) is -0.645. The quantitative estimate of drug-likeness (QED) is 0.221. The molecule has 0 aromatic heterocycles. The van der Waals surface area contributed by atoms with Gasteiger partial charge in [0.2, 0.25) is 0 Å². The van der Waals surface area contributed by atoms with Crippen LogP contribution in [-0.2, 0) is 22.2 Å². The van der Waals surface area contributed by atoms with Gasteiger partial charge >= 0.3 is 6.18 Å². The Bertz CT molecular complexity index is 639. The topological polar surface area (TPSA) is 64.1 Å². The number of methoxy groups -OCH3 is 1. The van der Waals surface area contributed by atoms with Crippen LogP contribution in [0, 0.1) is 0 Å². The Labute approximate surface area is 186 Å². The fraction of sp³-hybridized carbons (Fsp3) is 0.632. The van der Waals surface area contributed by atoms with E-state index in [0.29, 0.717) is 32.3 Å². The van der Waals surface area contributed by atoms with E-state index < -0.39 is 11.7 Å². The summed E-state index contributed by atoms with van der Waals surface area (Å²) in [6, 6.07) is 3.89. The van der Waals surface area contributed by atoms with Crippen LogP contribution >= 0.6 is 24.0 Å². The highest BCUT2D eigenvalue weighted by Crippen LogP contribution is 2.34. The molecule has 6 nitrogen and oxygen atoms in total. The van der Waals surface area contributed by atoms with E-state index >= 15 is 0 Å². The summed E-state index contributed by atoms with van der Waals surface area (Å²) in [5, 5.41) is 6.16. The molecule has 1 aromatic rings. The lowest BCUT2D eigenvalue weighted by molar-refractivity contribution is -0.138. The summed E-state index contributed by atoms with van der Waals surface area (Å²) in [7, 11) is 1.34. The first kappa shape index (κ1) is 25.8. The molecule has 1 fully saturated rings. The SMILES string of the molecule is CCNC(=NCc1ccc(OC)cc1C(F)(F)F)NCCCOC1CCOC1.I. The molecule has 0 spiro atoms. The Kier molecular flexibility index (Phi) is 11.7. The summed E-state index contributed by atoms with van der Waals surface area (Å²) in [6.07, 6.45) is -2.62. The lowest BCUT2D eigenvalue weighted by Gasteiger charge is -2.15. The van der Waals surface area contributed by atoms with Crippen molar-refractivity contribution in [2.75, 3.05) is 40.0 Å². The maximum absolute atomic E-state index is 13.3. The number of ether oxygens (including phenoxy) is 3. The molecule has 166 valence electrons. The van der Waals surface area contributed by atoms with Crippen molar-refractivity contribution in [1.29, 1.82) is 0 Å². The molecule has 1 unspecified atom stereocenters. The van der Waals surface area contributed by atoms with E-state index in [0.717, 1.165) is 25.5 Å². The number of nitrogens with zero attached hydrogens (tertiary/aromatic N) is 1. The zero-order chi connectivity index (χ0) is 20.4. The molecule has 1 atom stereocenters. The number of aliphatic imine (C=N–C) groups is 1. The third-order valence-corrected chi connectivity index (χ3v) is 4.23. The van der Waals surface area contributed by atoms with E-state index in [1.807, 2.05) is 6.92 Å². The van der Waals surface area contributed by atoms with Gasteiger partial charge in [-0.3, -0.25) is 0 Å². The van der Waals surface area contributed by atoms with Gasteiger partial charge in [-0.2, -0.15) is 13.2 Å². The Morgan fingerprint density at radius 2 is 2.10 bits per heavy atom. The Balaban J connectivity index is 0.00000420. The first-order chi connectivity index (χ1) is 13.4. The van der Waals surface area contributed by atoms with E-state index in [-0.39, 0.29) is 47.9 Å². The van der Waals surface area contributed by atoms with Crippen molar-refractivity contribution in [3.05, 3.63) is 29.3 Å². The minimum atomic E-state index is -4.47. The van der Waals surface area contributed by atoms with Crippen molar-refractivity contribution in [2.24, 2.45) is 4.99 Å². The monoisotopic (exact) mass is 531 g/mol. The van der Waals surface area contributed by atoms with Crippen LogP contribution in [0.25, 0.3) is 0 Å². The van der Waals surface area contributed by atoms with E-state index in [1.165, 1.54) is 19.2 Å². The molecule has 10 heteroatoms. The van der Waals surface area contributed by atoms with Crippen LogP contribution in [0.1, 0.15) is 30.9 Å². The fourth-order valence-corrected chi connectivity index (χ4v) is 2.76. The third kappa shape index (κ3) is 8.95. The van der Waals surface area contributed by atoms with Gasteiger partial charge in [-0.05, 0) is 37.5 Å². The normalized spacial score (nSPS) is 17.0. The van der Waals surface area contributed by atoms with E-state index in [4.69, 9.17) is 14.2 Å². The molecule has 1 aliphatic rings. The van der Waals surface area contributed by atoms with Crippen molar-refractivity contribution in [3.63, 3.8) is 0 Å². The molecule has 1 heterocycles. The predicted molar refractivity (Wildman–Crippen MR) is 116 cm³/mol. The van der Waals surface area contributed by atoms with Gasteiger partial charge in [0.05, 0.1) is 31.9 Å². The van der Waals surface area contributed by atoms with Crippen molar-refractivity contribution >= 4 is 29.9 Å². The van der Waals surface area contributed by atoms with Crippen LogP contribution in [0.2, 0.25) is 0 Å². The van der Waals surface area contributed by atoms with Gasteiger partial charge in [-0.25, -0.2) is 4.99 Å². The fourth-order valence-electron chi connectivity index (χ4n) is 2.76. The molecule has 2 N–H and O–H groups in total. The molecule has 0 bridgehead atoms. The molecule has 1 saturated heterocycles. The molecule has 2 rings (SSSR count). The molecule has 0 aliphatic carbocycles. The maximum Gasteiger partial charge on any atom is 0.416 e. The minimum absolute atomic E-state index is 0. The lowest BCUT2D eigenvalue weighted by Crippen LogP contribution is -2.38. The molecule has 0 saturated carbocycles. The number of rotatable bonds is 9. The van der Waals surface area contributed by atoms with Crippen LogP contribution in [0.5, 0.6) is 5.75 Å². The summed E-state index contributed by atoms with van der Waals surface area (Å²) in [6.45, 7) is 4.99. The number of hydrogen-bond acceptors (Lipinski definition) is 4. The number of hydrogen-bond donors (Lipinski definition) is 2. The van der Waals surface area contributed by atoms with Crippen LogP contribution in [0.4, 0.5) is 13.2 Å². The minimum Gasteiger partial charge on any atom is -0.497 e. The zero-order valence-electron chi connectivity index (χ0n) is 16.7. The second-order valence-corrected chi connectivity index (χ2v) is 6.35. The highest BCUT2D eigenvalue weighted by Gasteiger charge is 2.33. The first-order valence-electron chi connectivity index (χ1n) is 9.39. The Morgan fingerprint density at radius 1 is 1.31 bits per heavy atom. The molecular formula is C19H29F3IN3O3. The van der Waals surface area contributed by atoms with Crippen LogP contribution in [0.15, 0.2) is 23.2 Å².